The number of hydrogen-bond acceptors (Lipinski definition) is 6. The van der Waals surface area contributed by atoms with Gasteiger partial charge in [0.05, 0.1) is 17.8 Å². The summed E-state index contributed by atoms with van der Waals surface area (Å²) in [6.45, 7) is 2.38. The van der Waals surface area contributed by atoms with E-state index in [-0.39, 0.29) is 12.5 Å². The highest BCUT2D eigenvalue weighted by molar-refractivity contribution is 5.27. The lowest BCUT2D eigenvalue weighted by atomic mass is 10.1. The van der Waals surface area contributed by atoms with Crippen molar-refractivity contribution < 1.29 is 17.7 Å². The first-order valence-electron chi connectivity index (χ1n) is 8.26. The first-order chi connectivity index (χ1) is 12.8. The molecule has 0 N–H and O–H groups in total. The molecule has 0 aliphatic rings. The van der Waals surface area contributed by atoms with Gasteiger partial charge in [-0.05, 0) is 31.7 Å². The summed E-state index contributed by atoms with van der Waals surface area (Å²) >= 11 is 0. The predicted octanol–water partition coefficient (Wildman–Crippen LogP) is 3.66. The molecule has 0 saturated carbocycles. The van der Waals surface area contributed by atoms with Gasteiger partial charge in [0.25, 0.3) is 0 Å². The summed E-state index contributed by atoms with van der Waals surface area (Å²) in [7, 11) is 1.89. The molecule has 0 spiro atoms. The molecule has 0 amide bonds. The number of halogens is 3. The smallest absolute Gasteiger partial charge is 0.338 e. The van der Waals surface area contributed by atoms with Gasteiger partial charge >= 0.3 is 6.18 Å². The second-order valence-corrected chi connectivity index (χ2v) is 6.20. The highest BCUT2D eigenvalue weighted by atomic mass is 19.4. The van der Waals surface area contributed by atoms with Crippen molar-refractivity contribution in [2.24, 2.45) is 0 Å². The summed E-state index contributed by atoms with van der Waals surface area (Å²) in [5.41, 5.74) is 0.637. The summed E-state index contributed by atoms with van der Waals surface area (Å²) in [6, 6.07) is 6.94. The monoisotopic (exact) mass is 377 g/mol. The Balaban J connectivity index is 1.65. The van der Waals surface area contributed by atoms with Crippen LogP contribution < -0.4 is 0 Å². The topological polar surface area (TPSA) is 67.9 Å². The minimum Gasteiger partial charge on any atom is -0.338 e. The molecule has 0 fully saturated rings. The van der Waals surface area contributed by atoms with Crippen LogP contribution in [-0.4, -0.2) is 32.1 Å². The molecule has 6 nitrogen and oxygen atoms in total. The molecule has 0 saturated heterocycles. The highest BCUT2D eigenvalue weighted by Gasteiger charge is 2.30. The number of hydrogen-bond donors (Lipinski definition) is 0. The third-order valence-corrected chi connectivity index (χ3v) is 4.21. The van der Waals surface area contributed by atoms with Gasteiger partial charge < -0.3 is 4.52 Å². The van der Waals surface area contributed by atoms with Crippen LogP contribution in [0, 0.1) is 0 Å². The van der Waals surface area contributed by atoms with Crippen LogP contribution in [0.4, 0.5) is 13.2 Å². The average Bonchev–Trinajstić information content (AvgIpc) is 3.08. The number of benzene rings is 1. The van der Waals surface area contributed by atoms with E-state index in [4.69, 9.17) is 4.52 Å². The van der Waals surface area contributed by atoms with E-state index in [1.165, 1.54) is 12.4 Å². The Morgan fingerprint density at radius 1 is 1.22 bits per heavy atom. The maximum Gasteiger partial charge on any atom is 0.416 e. The van der Waals surface area contributed by atoms with Crippen molar-refractivity contribution in [2.45, 2.75) is 32.1 Å². The minimum atomic E-state index is -4.38. The molecule has 1 atom stereocenters. The van der Waals surface area contributed by atoms with Gasteiger partial charge in [0.15, 0.2) is 5.82 Å². The van der Waals surface area contributed by atoms with Gasteiger partial charge in [-0.15, -0.1) is 0 Å². The van der Waals surface area contributed by atoms with Gasteiger partial charge in [-0.2, -0.15) is 18.2 Å². The Kier molecular flexibility index (Phi) is 5.50. The van der Waals surface area contributed by atoms with E-state index in [0.717, 1.165) is 17.8 Å². The van der Waals surface area contributed by atoms with Gasteiger partial charge in [-0.25, -0.2) is 9.97 Å². The van der Waals surface area contributed by atoms with Crippen LogP contribution >= 0.6 is 0 Å². The van der Waals surface area contributed by atoms with Crippen molar-refractivity contribution in [3.63, 3.8) is 0 Å². The van der Waals surface area contributed by atoms with E-state index >= 15 is 0 Å². The normalized spacial score (nSPS) is 13.1. The van der Waals surface area contributed by atoms with Gasteiger partial charge in [0.1, 0.15) is 6.33 Å². The molecule has 9 heteroatoms. The van der Waals surface area contributed by atoms with Crippen LogP contribution in [0.25, 0.3) is 0 Å². The quantitative estimate of drug-likeness (QED) is 0.653. The third-order valence-electron chi connectivity index (χ3n) is 4.21. The van der Waals surface area contributed by atoms with E-state index < -0.39 is 11.7 Å². The molecule has 3 aromatic rings. The van der Waals surface area contributed by atoms with E-state index in [2.05, 4.69) is 20.1 Å². The molecule has 0 unspecified atom stereocenters. The fraction of sp³-hybridized carbons (Fsp3) is 0.333. The molecule has 1 aromatic carbocycles. The lowest BCUT2D eigenvalue weighted by Gasteiger charge is -2.22. The first kappa shape index (κ1) is 19.0. The maximum atomic E-state index is 12.8. The van der Waals surface area contributed by atoms with E-state index in [1.807, 2.05) is 24.9 Å². The molecule has 142 valence electrons. The van der Waals surface area contributed by atoms with E-state index in [0.29, 0.717) is 23.8 Å². The number of aromatic nitrogens is 4. The Morgan fingerprint density at radius 3 is 2.74 bits per heavy atom. The number of nitrogens with zero attached hydrogens (tertiary/aromatic N) is 5. The van der Waals surface area contributed by atoms with Gasteiger partial charge in [0.2, 0.25) is 5.89 Å². The molecule has 2 aromatic heterocycles. The Hall–Kier alpha value is -2.81. The molecule has 27 heavy (non-hydrogen) atoms. The van der Waals surface area contributed by atoms with Crippen molar-refractivity contribution >= 4 is 0 Å². The molecule has 0 aliphatic carbocycles. The SMILES string of the molecule is C[C@@H](c1ccncn1)N(C)Cc1nc(Cc2cccc(C(F)(F)F)c2)no1. The molecular formula is C18H18F3N5O. The largest absolute Gasteiger partial charge is 0.416 e. The van der Waals surface area contributed by atoms with Crippen molar-refractivity contribution in [1.29, 1.82) is 0 Å². The van der Waals surface area contributed by atoms with Crippen LogP contribution in [-0.2, 0) is 19.1 Å². The molecule has 3 rings (SSSR count). The summed E-state index contributed by atoms with van der Waals surface area (Å²) in [6.07, 6.45) is -1.05. The van der Waals surface area contributed by atoms with Crippen LogP contribution in [0.1, 0.15) is 41.5 Å². The fourth-order valence-electron chi connectivity index (χ4n) is 2.59. The molecule has 2 heterocycles. The van der Waals surface area contributed by atoms with Gasteiger partial charge in [-0.1, -0.05) is 23.4 Å². The summed E-state index contributed by atoms with van der Waals surface area (Å²) < 4.78 is 43.6. The fourth-order valence-corrected chi connectivity index (χ4v) is 2.59. The van der Waals surface area contributed by atoms with Crippen molar-refractivity contribution in [3.8, 4) is 0 Å². The summed E-state index contributed by atoms with van der Waals surface area (Å²) in [5, 5.41) is 3.87. The zero-order valence-electron chi connectivity index (χ0n) is 14.8. The summed E-state index contributed by atoms with van der Waals surface area (Å²) in [4.78, 5) is 14.4. The van der Waals surface area contributed by atoms with E-state index in [1.54, 1.807) is 12.3 Å². The van der Waals surface area contributed by atoms with Crippen LogP contribution in [0.2, 0.25) is 0 Å². The lowest BCUT2D eigenvalue weighted by Crippen LogP contribution is -2.22. The lowest BCUT2D eigenvalue weighted by molar-refractivity contribution is -0.137. The van der Waals surface area contributed by atoms with Crippen LogP contribution in [0.5, 0.6) is 0 Å². The zero-order chi connectivity index (χ0) is 19.4. The highest BCUT2D eigenvalue weighted by Crippen LogP contribution is 2.29. The first-order valence-corrected chi connectivity index (χ1v) is 8.26. The Morgan fingerprint density at radius 2 is 2.04 bits per heavy atom. The minimum absolute atomic E-state index is 0.00631. The standard InChI is InChI=1S/C18H18F3N5O/c1-12(15-6-7-22-11-23-15)26(2)10-17-24-16(25-27-17)9-13-4-3-5-14(8-13)18(19,20)21/h3-8,11-12H,9-10H2,1-2H3/t12-/m0/s1. The molecule has 0 radical (unpaired) electrons. The third kappa shape index (κ3) is 4.88. The Labute approximate surface area is 154 Å². The van der Waals surface area contributed by atoms with Crippen LogP contribution in [0.3, 0.4) is 0 Å². The zero-order valence-corrected chi connectivity index (χ0v) is 14.8. The van der Waals surface area contributed by atoms with Crippen molar-refractivity contribution in [3.05, 3.63) is 71.4 Å². The van der Waals surface area contributed by atoms with Gasteiger partial charge in [-0.3, -0.25) is 4.90 Å². The van der Waals surface area contributed by atoms with Crippen molar-refractivity contribution in [2.75, 3.05) is 7.05 Å². The second kappa shape index (κ2) is 7.83. The summed E-state index contributed by atoms with van der Waals surface area (Å²) in [5.74, 6) is 0.729. The van der Waals surface area contributed by atoms with Crippen LogP contribution in [0.15, 0.2) is 47.4 Å². The predicted molar refractivity (Wildman–Crippen MR) is 90.5 cm³/mol. The average molecular weight is 377 g/mol. The molecule has 0 bridgehead atoms. The Bertz CT molecular complexity index is 882. The van der Waals surface area contributed by atoms with Crippen molar-refractivity contribution in [1.82, 2.24) is 25.0 Å². The molecular weight excluding hydrogens is 359 g/mol. The number of rotatable bonds is 6. The number of alkyl halides is 3. The maximum absolute atomic E-state index is 12.8. The van der Waals surface area contributed by atoms with Gasteiger partial charge in [0, 0.05) is 18.7 Å². The van der Waals surface area contributed by atoms with E-state index in [9.17, 15) is 13.2 Å². The molecule has 0 aliphatic heterocycles. The second-order valence-electron chi connectivity index (χ2n) is 6.20.